The maximum absolute atomic E-state index is 11.4. The van der Waals surface area contributed by atoms with Crippen LogP contribution in [0, 0.1) is 5.92 Å². The number of hydrogen-bond donors (Lipinski definition) is 0. The quantitative estimate of drug-likeness (QED) is 0.725. The van der Waals surface area contributed by atoms with E-state index in [4.69, 9.17) is 4.74 Å². The monoisotopic (exact) mass is 245 g/mol. The van der Waals surface area contributed by atoms with Gasteiger partial charge in [-0.1, -0.05) is 41.5 Å². The zero-order chi connectivity index (χ0) is 13.7. The summed E-state index contributed by atoms with van der Waals surface area (Å²) in [6.07, 6.45) is 2.99. The first-order chi connectivity index (χ1) is 8.24. The van der Waals surface area contributed by atoms with Gasteiger partial charge in [-0.05, 0) is 25.2 Å². The largest absolute Gasteiger partial charge is 0.449 e. The summed E-state index contributed by atoms with van der Waals surface area (Å²) < 4.78 is 5.05. The van der Waals surface area contributed by atoms with Crippen LogP contribution in [-0.2, 0) is 4.74 Å². The van der Waals surface area contributed by atoms with Crippen LogP contribution in [0.15, 0.2) is 0 Å². The van der Waals surface area contributed by atoms with Crippen LogP contribution in [-0.4, -0.2) is 30.7 Å². The Balaban J connectivity index is 0. The summed E-state index contributed by atoms with van der Waals surface area (Å²) in [5.41, 5.74) is 0. The fourth-order valence-corrected chi connectivity index (χ4v) is 1.47. The molecule has 17 heavy (non-hydrogen) atoms. The minimum Gasteiger partial charge on any atom is -0.449 e. The molecule has 1 rings (SSSR count). The fourth-order valence-electron chi connectivity index (χ4n) is 1.47. The van der Waals surface area contributed by atoms with Gasteiger partial charge in [0.05, 0.1) is 6.61 Å². The van der Waals surface area contributed by atoms with Gasteiger partial charge in [-0.25, -0.2) is 4.79 Å². The zero-order valence-corrected chi connectivity index (χ0v) is 12.6. The number of ether oxygens (including phenoxy) is 1. The van der Waals surface area contributed by atoms with Crippen LogP contribution in [0.2, 0.25) is 0 Å². The summed E-state index contributed by atoms with van der Waals surface area (Å²) in [4.78, 5) is 13.2. The average molecular weight is 245 g/mol. The molecule has 1 heterocycles. The van der Waals surface area contributed by atoms with Gasteiger partial charge in [0, 0.05) is 13.1 Å². The van der Waals surface area contributed by atoms with E-state index < -0.39 is 0 Å². The average Bonchev–Trinajstić information content (AvgIpc) is 2.41. The van der Waals surface area contributed by atoms with E-state index in [9.17, 15) is 4.79 Å². The lowest BCUT2D eigenvalue weighted by atomic mass is 10.00. The lowest BCUT2D eigenvalue weighted by Gasteiger charge is -2.29. The zero-order valence-electron chi connectivity index (χ0n) is 12.6. The summed E-state index contributed by atoms with van der Waals surface area (Å²) in [5.74, 6) is 0.759. The lowest BCUT2D eigenvalue weighted by molar-refractivity contribution is 0.0893. The van der Waals surface area contributed by atoms with Crippen LogP contribution in [0.1, 0.15) is 60.8 Å². The van der Waals surface area contributed by atoms with Gasteiger partial charge in [0.1, 0.15) is 0 Å². The van der Waals surface area contributed by atoms with Crippen LogP contribution < -0.4 is 0 Å². The third-order valence-corrected chi connectivity index (χ3v) is 2.47. The van der Waals surface area contributed by atoms with Gasteiger partial charge in [-0.2, -0.15) is 0 Å². The van der Waals surface area contributed by atoms with E-state index in [1.807, 2.05) is 39.5 Å². The number of hydrogen-bond acceptors (Lipinski definition) is 2. The van der Waals surface area contributed by atoms with Crippen LogP contribution in [0.4, 0.5) is 4.79 Å². The Bertz CT molecular complexity index is 164. The number of amides is 1. The molecule has 1 aliphatic heterocycles. The number of carbonyl (C=O) groups excluding carboxylic acids is 1. The Morgan fingerprint density at radius 2 is 1.65 bits per heavy atom. The topological polar surface area (TPSA) is 29.5 Å². The van der Waals surface area contributed by atoms with Gasteiger partial charge in [-0.15, -0.1) is 0 Å². The molecule has 1 fully saturated rings. The highest BCUT2D eigenvalue weighted by atomic mass is 16.6. The number of carbonyl (C=O) groups is 1. The van der Waals surface area contributed by atoms with E-state index in [2.05, 4.69) is 6.92 Å². The Labute approximate surface area is 108 Å². The highest BCUT2D eigenvalue weighted by molar-refractivity contribution is 5.67. The molecular formula is C14H31NO2. The molecule has 3 heteroatoms. The summed E-state index contributed by atoms with van der Waals surface area (Å²) in [6.45, 7) is 14.5. The van der Waals surface area contributed by atoms with E-state index in [1.54, 1.807) is 0 Å². The smallest absolute Gasteiger partial charge is 0.409 e. The van der Waals surface area contributed by atoms with Crippen molar-refractivity contribution in [2.75, 3.05) is 19.7 Å². The van der Waals surface area contributed by atoms with Gasteiger partial charge in [0.15, 0.2) is 0 Å². The molecule has 0 aromatic carbocycles. The highest BCUT2D eigenvalue weighted by Crippen LogP contribution is 2.16. The third-order valence-electron chi connectivity index (χ3n) is 2.47. The molecule has 0 aromatic rings. The number of piperidine rings is 1. The fraction of sp³-hybridized carbons (Fsp3) is 0.929. The van der Waals surface area contributed by atoms with Crippen molar-refractivity contribution in [1.82, 2.24) is 4.90 Å². The van der Waals surface area contributed by atoms with Crippen LogP contribution in [0.5, 0.6) is 0 Å². The van der Waals surface area contributed by atoms with E-state index in [0.717, 1.165) is 38.3 Å². The van der Waals surface area contributed by atoms with E-state index >= 15 is 0 Å². The highest BCUT2D eigenvalue weighted by Gasteiger charge is 2.20. The molecule has 0 bridgehead atoms. The van der Waals surface area contributed by atoms with Crippen molar-refractivity contribution >= 4 is 6.09 Å². The third kappa shape index (κ3) is 9.02. The molecule has 3 nitrogen and oxygen atoms in total. The standard InChI is InChI=1S/C10H19NO2.2C2H6/c1-3-8-13-10(12)11-6-4-9(2)5-7-11;2*1-2/h9H,3-8H2,1-2H3;2*1-2H3. The Morgan fingerprint density at radius 3 is 2.06 bits per heavy atom. The minimum absolute atomic E-state index is 0.131. The summed E-state index contributed by atoms with van der Waals surface area (Å²) in [5, 5.41) is 0. The first-order valence-electron chi connectivity index (χ1n) is 7.15. The second kappa shape index (κ2) is 13.3. The van der Waals surface area contributed by atoms with Gasteiger partial charge in [0.2, 0.25) is 0 Å². The second-order valence-corrected chi connectivity index (χ2v) is 3.78. The molecule has 104 valence electrons. The summed E-state index contributed by atoms with van der Waals surface area (Å²) >= 11 is 0. The Kier molecular flexibility index (Phi) is 14.6. The number of nitrogens with zero attached hydrogens (tertiary/aromatic N) is 1. The van der Waals surface area contributed by atoms with E-state index in [0.29, 0.717) is 6.61 Å². The lowest BCUT2D eigenvalue weighted by Crippen LogP contribution is -2.38. The molecule has 0 atom stereocenters. The SMILES string of the molecule is CC.CC.CCCOC(=O)N1CCC(C)CC1. The normalized spacial score (nSPS) is 15.1. The Hall–Kier alpha value is -0.730. The summed E-state index contributed by atoms with van der Waals surface area (Å²) in [6, 6.07) is 0. The molecule has 0 N–H and O–H groups in total. The van der Waals surface area contributed by atoms with Gasteiger partial charge in [0.25, 0.3) is 0 Å². The maximum atomic E-state index is 11.4. The number of rotatable bonds is 2. The molecule has 0 spiro atoms. The first kappa shape index (κ1) is 18.6. The molecule has 0 saturated carbocycles. The minimum atomic E-state index is -0.131. The van der Waals surface area contributed by atoms with Gasteiger partial charge < -0.3 is 9.64 Å². The molecule has 1 aliphatic rings. The predicted molar refractivity (Wildman–Crippen MR) is 74.3 cm³/mol. The van der Waals surface area contributed by atoms with Gasteiger partial charge >= 0.3 is 6.09 Å². The molecular weight excluding hydrogens is 214 g/mol. The van der Waals surface area contributed by atoms with Gasteiger partial charge in [-0.3, -0.25) is 0 Å². The Morgan fingerprint density at radius 1 is 1.18 bits per heavy atom. The van der Waals surface area contributed by atoms with E-state index in [1.165, 1.54) is 0 Å². The van der Waals surface area contributed by atoms with Crippen molar-refractivity contribution in [3.63, 3.8) is 0 Å². The predicted octanol–water partition coefficient (Wildman–Crippen LogP) is 4.32. The van der Waals surface area contributed by atoms with Crippen molar-refractivity contribution in [1.29, 1.82) is 0 Å². The molecule has 0 aliphatic carbocycles. The van der Waals surface area contributed by atoms with Crippen molar-refractivity contribution in [2.24, 2.45) is 5.92 Å². The van der Waals surface area contributed by atoms with Crippen LogP contribution >= 0.6 is 0 Å². The molecule has 0 unspecified atom stereocenters. The molecule has 0 aromatic heterocycles. The second-order valence-electron chi connectivity index (χ2n) is 3.78. The van der Waals surface area contributed by atoms with E-state index in [-0.39, 0.29) is 6.09 Å². The maximum Gasteiger partial charge on any atom is 0.409 e. The van der Waals surface area contributed by atoms with Crippen LogP contribution in [0.3, 0.4) is 0 Å². The molecule has 1 amide bonds. The van der Waals surface area contributed by atoms with Crippen molar-refractivity contribution in [2.45, 2.75) is 60.8 Å². The van der Waals surface area contributed by atoms with Crippen molar-refractivity contribution in [3.8, 4) is 0 Å². The van der Waals surface area contributed by atoms with Crippen molar-refractivity contribution < 1.29 is 9.53 Å². The molecule has 0 radical (unpaired) electrons. The van der Waals surface area contributed by atoms with Crippen LogP contribution in [0.25, 0.3) is 0 Å². The van der Waals surface area contributed by atoms with Crippen molar-refractivity contribution in [3.05, 3.63) is 0 Å². The number of likely N-dealkylation sites (tertiary alicyclic amines) is 1. The summed E-state index contributed by atoms with van der Waals surface area (Å²) in [7, 11) is 0. The molecule has 1 saturated heterocycles. The first-order valence-corrected chi connectivity index (χ1v) is 7.15.